The summed E-state index contributed by atoms with van der Waals surface area (Å²) in [6.07, 6.45) is 10.8. The van der Waals surface area contributed by atoms with Crippen molar-refractivity contribution in [2.45, 2.75) is 76.5 Å². The molecular weight excluding hydrogens is 302 g/mol. The van der Waals surface area contributed by atoms with Gasteiger partial charge in [-0.15, -0.1) is 0 Å². The Labute approximate surface area is 127 Å². The highest BCUT2D eigenvalue weighted by atomic mass is 79.9. The molecule has 0 N–H and O–H groups in total. The molecule has 0 spiro atoms. The van der Waals surface area contributed by atoms with Crippen molar-refractivity contribution < 1.29 is 4.79 Å². The van der Waals surface area contributed by atoms with Crippen LogP contribution in [0.15, 0.2) is 0 Å². The van der Waals surface area contributed by atoms with E-state index in [2.05, 4.69) is 34.7 Å². The molecule has 0 aromatic heterocycles. The van der Waals surface area contributed by atoms with Crippen molar-refractivity contribution in [1.82, 2.24) is 4.90 Å². The number of hydrogen-bond donors (Lipinski definition) is 0. The third kappa shape index (κ3) is 6.78. The number of unbranched alkanes of at least 4 members (excludes halogenated alkanes) is 6. The Kier molecular flexibility index (Phi) is 8.76. The van der Waals surface area contributed by atoms with Crippen LogP contribution in [0.5, 0.6) is 0 Å². The standard InChI is InChI=1S/C16H30BrNO/c1-3-4-5-6-7-8-9-10-16(19)18-12-11-14(2)15(17)13-18/h14-15H,3-13H2,1-2H3. The molecule has 3 heteroatoms. The molecule has 2 atom stereocenters. The van der Waals surface area contributed by atoms with E-state index in [9.17, 15) is 4.79 Å². The van der Waals surface area contributed by atoms with Gasteiger partial charge in [0, 0.05) is 24.3 Å². The Morgan fingerprint density at radius 3 is 2.42 bits per heavy atom. The van der Waals surface area contributed by atoms with Crippen LogP contribution in [-0.4, -0.2) is 28.7 Å². The number of piperidine rings is 1. The molecular formula is C16H30BrNO. The minimum absolute atomic E-state index is 0.366. The highest BCUT2D eigenvalue weighted by Gasteiger charge is 2.26. The summed E-state index contributed by atoms with van der Waals surface area (Å²) < 4.78 is 0. The third-order valence-electron chi connectivity index (χ3n) is 4.21. The first kappa shape index (κ1) is 17.0. The number of carbonyl (C=O) groups excluding carboxylic acids is 1. The Balaban J connectivity index is 2.04. The average molecular weight is 332 g/mol. The van der Waals surface area contributed by atoms with Gasteiger partial charge >= 0.3 is 0 Å². The predicted octanol–water partition coefficient (Wildman–Crippen LogP) is 4.76. The van der Waals surface area contributed by atoms with Crippen LogP contribution in [0.25, 0.3) is 0 Å². The van der Waals surface area contributed by atoms with Crippen LogP contribution in [0.3, 0.4) is 0 Å². The van der Waals surface area contributed by atoms with Gasteiger partial charge in [0.05, 0.1) is 0 Å². The van der Waals surface area contributed by atoms with E-state index in [1.807, 2.05) is 0 Å². The summed E-state index contributed by atoms with van der Waals surface area (Å²) in [4.78, 5) is 14.6. The number of rotatable bonds is 8. The van der Waals surface area contributed by atoms with Crippen molar-refractivity contribution in [3.63, 3.8) is 0 Å². The highest BCUT2D eigenvalue weighted by Crippen LogP contribution is 2.24. The quantitative estimate of drug-likeness (QED) is 0.464. The topological polar surface area (TPSA) is 20.3 Å². The summed E-state index contributed by atoms with van der Waals surface area (Å²) in [6.45, 7) is 6.36. The lowest BCUT2D eigenvalue weighted by molar-refractivity contribution is -0.132. The van der Waals surface area contributed by atoms with Crippen molar-refractivity contribution in [3.05, 3.63) is 0 Å². The Hall–Kier alpha value is -0.0500. The van der Waals surface area contributed by atoms with Gasteiger partial charge in [-0.05, 0) is 18.8 Å². The number of carbonyl (C=O) groups is 1. The second-order valence-electron chi connectivity index (χ2n) is 5.99. The summed E-state index contributed by atoms with van der Waals surface area (Å²) in [5, 5.41) is 0. The van der Waals surface area contributed by atoms with Gasteiger partial charge < -0.3 is 4.90 Å². The zero-order chi connectivity index (χ0) is 14.1. The molecule has 1 aliphatic heterocycles. The molecule has 1 saturated heterocycles. The van der Waals surface area contributed by atoms with Crippen LogP contribution in [0, 0.1) is 5.92 Å². The third-order valence-corrected chi connectivity index (χ3v) is 5.41. The van der Waals surface area contributed by atoms with Gasteiger partial charge in [-0.3, -0.25) is 4.79 Å². The highest BCUT2D eigenvalue weighted by molar-refractivity contribution is 9.09. The molecule has 0 aromatic rings. The fraction of sp³-hybridized carbons (Fsp3) is 0.938. The van der Waals surface area contributed by atoms with Crippen molar-refractivity contribution in [2.24, 2.45) is 5.92 Å². The van der Waals surface area contributed by atoms with Crippen molar-refractivity contribution >= 4 is 21.8 Å². The molecule has 1 fully saturated rings. The molecule has 0 saturated carbocycles. The van der Waals surface area contributed by atoms with E-state index in [4.69, 9.17) is 0 Å². The van der Waals surface area contributed by atoms with E-state index in [-0.39, 0.29) is 0 Å². The van der Waals surface area contributed by atoms with Gasteiger partial charge in [-0.2, -0.15) is 0 Å². The van der Waals surface area contributed by atoms with Crippen LogP contribution < -0.4 is 0 Å². The van der Waals surface area contributed by atoms with Gasteiger partial charge in [0.1, 0.15) is 0 Å². The zero-order valence-corrected chi connectivity index (χ0v) is 14.3. The monoisotopic (exact) mass is 331 g/mol. The number of alkyl halides is 1. The molecule has 0 aliphatic carbocycles. The van der Waals surface area contributed by atoms with Crippen molar-refractivity contribution in [1.29, 1.82) is 0 Å². The van der Waals surface area contributed by atoms with E-state index in [1.54, 1.807) is 0 Å². The maximum Gasteiger partial charge on any atom is 0.222 e. The molecule has 112 valence electrons. The molecule has 0 bridgehead atoms. The molecule has 1 aliphatic rings. The zero-order valence-electron chi connectivity index (χ0n) is 12.7. The second kappa shape index (κ2) is 9.79. The fourth-order valence-corrected chi connectivity index (χ4v) is 3.25. The summed E-state index contributed by atoms with van der Waals surface area (Å²) in [6, 6.07) is 0. The van der Waals surface area contributed by atoms with E-state index in [0.29, 0.717) is 16.7 Å². The SMILES string of the molecule is CCCCCCCCCC(=O)N1CCC(C)C(Br)C1. The van der Waals surface area contributed by atoms with Gasteiger partial charge in [-0.1, -0.05) is 68.3 Å². The normalized spacial score (nSPS) is 23.6. The van der Waals surface area contributed by atoms with Crippen LogP contribution in [-0.2, 0) is 4.79 Å². The smallest absolute Gasteiger partial charge is 0.222 e. The Morgan fingerprint density at radius 2 is 1.79 bits per heavy atom. The molecule has 19 heavy (non-hydrogen) atoms. The van der Waals surface area contributed by atoms with Crippen molar-refractivity contribution in [3.8, 4) is 0 Å². The maximum atomic E-state index is 12.1. The number of halogens is 1. The Morgan fingerprint density at radius 1 is 1.16 bits per heavy atom. The summed E-state index contributed by atoms with van der Waals surface area (Å²) in [5.41, 5.74) is 0. The maximum absolute atomic E-state index is 12.1. The van der Waals surface area contributed by atoms with Gasteiger partial charge in [0.2, 0.25) is 5.91 Å². The van der Waals surface area contributed by atoms with Crippen LogP contribution >= 0.6 is 15.9 Å². The minimum atomic E-state index is 0.366. The minimum Gasteiger partial charge on any atom is -0.342 e. The molecule has 1 amide bonds. The lowest BCUT2D eigenvalue weighted by atomic mass is 9.98. The molecule has 0 aromatic carbocycles. The van der Waals surface area contributed by atoms with Gasteiger partial charge in [-0.25, -0.2) is 0 Å². The van der Waals surface area contributed by atoms with Crippen molar-refractivity contribution in [2.75, 3.05) is 13.1 Å². The number of likely N-dealkylation sites (tertiary alicyclic amines) is 1. The molecule has 2 nitrogen and oxygen atoms in total. The molecule has 1 heterocycles. The first-order valence-corrected chi connectivity index (χ1v) is 8.98. The number of nitrogens with zero attached hydrogens (tertiary/aromatic N) is 1. The largest absolute Gasteiger partial charge is 0.342 e. The first-order chi connectivity index (χ1) is 9.15. The van der Waals surface area contributed by atoms with E-state index < -0.39 is 0 Å². The lowest BCUT2D eigenvalue weighted by Gasteiger charge is -2.34. The van der Waals surface area contributed by atoms with Crippen LogP contribution in [0.2, 0.25) is 0 Å². The van der Waals surface area contributed by atoms with Crippen LogP contribution in [0.4, 0.5) is 0 Å². The summed E-state index contributed by atoms with van der Waals surface area (Å²) >= 11 is 3.69. The number of hydrogen-bond acceptors (Lipinski definition) is 1. The first-order valence-electron chi connectivity index (χ1n) is 8.07. The molecule has 2 unspecified atom stereocenters. The van der Waals surface area contributed by atoms with E-state index in [0.717, 1.165) is 32.4 Å². The Bertz CT molecular complexity index is 257. The second-order valence-corrected chi connectivity index (χ2v) is 7.17. The molecule has 1 rings (SSSR count). The number of amides is 1. The fourth-order valence-electron chi connectivity index (χ4n) is 2.64. The van der Waals surface area contributed by atoms with Gasteiger partial charge in [0.15, 0.2) is 0 Å². The van der Waals surface area contributed by atoms with E-state index in [1.165, 1.54) is 38.5 Å². The van der Waals surface area contributed by atoms with Crippen LogP contribution in [0.1, 0.15) is 71.6 Å². The lowest BCUT2D eigenvalue weighted by Crippen LogP contribution is -2.43. The van der Waals surface area contributed by atoms with E-state index >= 15 is 0 Å². The summed E-state index contributed by atoms with van der Waals surface area (Å²) in [5.74, 6) is 1.06. The van der Waals surface area contributed by atoms with Gasteiger partial charge in [0.25, 0.3) is 0 Å². The average Bonchev–Trinajstić information content (AvgIpc) is 2.40. The summed E-state index contributed by atoms with van der Waals surface area (Å²) in [7, 11) is 0. The predicted molar refractivity (Wildman–Crippen MR) is 85.7 cm³/mol. The molecule has 0 radical (unpaired) electrons.